The van der Waals surface area contributed by atoms with E-state index < -0.39 is 16.1 Å². The topological polar surface area (TPSA) is 75.7 Å². The first-order chi connectivity index (χ1) is 9.39. The van der Waals surface area contributed by atoms with Crippen LogP contribution in [0.15, 0.2) is 0 Å². The van der Waals surface area contributed by atoms with Crippen LogP contribution in [0.2, 0.25) is 0 Å². The second-order valence-electron chi connectivity index (χ2n) is 5.73. The molecule has 2 saturated heterocycles. The van der Waals surface area contributed by atoms with Crippen LogP contribution in [-0.2, 0) is 19.6 Å². The van der Waals surface area contributed by atoms with Crippen LogP contribution in [0.1, 0.15) is 39.0 Å². The highest BCUT2D eigenvalue weighted by atomic mass is 32.2. The maximum atomic E-state index is 12.3. The molecule has 2 heterocycles. The summed E-state index contributed by atoms with van der Waals surface area (Å²) in [6.45, 7) is 3.09. The molecule has 116 valence electrons. The van der Waals surface area contributed by atoms with Gasteiger partial charge in [-0.1, -0.05) is 6.42 Å². The predicted octanol–water partition coefficient (Wildman–Crippen LogP) is 0.484. The standard InChI is InChI=1S/C13H24N2O4S/c1-10(12-7-5-9-19-12)14-13(16)11-6-3-4-8-15(11)20(2,17)18/h10-12H,3-9H2,1-2H3,(H,14,16)/t10-,11+,12-/m0/s1. The van der Waals surface area contributed by atoms with Gasteiger partial charge in [0.25, 0.3) is 0 Å². The molecule has 20 heavy (non-hydrogen) atoms. The van der Waals surface area contributed by atoms with E-state index >= 15 is 0 Å². The lowest BCUT2D eigenvalue weighted by molar-refractivity contribution is -0.127. The van der Waals surface area contributed by atoms with Crippen LogP contribution in [0.5, 0.6) is 0 Å². The zero-order valence-electron chi connectivity index (χ0n) is 12.2. The van der Waals surface area contributed by atoms with E-state index in [4.69, 9.17) is 4.74 Å². The number of carbonyl (C=O) groups excluding carboxylic acids is 1. The number of rotatable bonds is 4. The smallest absolute Gasteiger partial charge is 0.238 e. The van der Waals surface area contributed by atoms with Crippen molar-refractivity contribution in [2.24, 2.45) is 0 Å². The number of nitrogens with one attached hydrogen (secondary N) is 1. The third-order valence-corrected chi connectivity index (χ3v) is 5.36. The Balaban J connectivity index is 1.98. The molecule has 0 saturated carbocycles. The summed E-state index contributed by atoms with van der Waals surface area (Å²) in [5.74, 6) is -0.196. The second kappa shape index (κ2) is 6.41. The van der Waals surface area contributed by atoms with Gasteiger partial charge in [-0.25, -0.2) is 8.42 Å². The van der Waals surface area contributed by atoms with E-state index in [0.717, 1.165) is 32.3 Å². The number of ether oxygens (including phenoxy) is 1. The highest BCUT2D eigenvalue weighted by molar-refractivity contribution is 7.88. The minimum absolute atomic E-state index is 0.0502. The Bertz CT molecular complexity index is 445. The van der Waals surface area contributed by atoms with Crippen molar-refractivity contribution in [2.75, 3.05) is 19.4 Å². The first-order valence-corrected chi connectivity index (χ1v) is 9.13. The lowest BCUT2D eigenvalue weighted by Gasteiger charge is -2.33. The van der Waals surface area contributed by atoms with E-state index in [-0.39, 0.29) is 18.1 Å². The summed E-state index contributed by atoms with van der Waals surface area (Å²) in [6.07, 6.45) is 5.48. The molecule has 2 aliphatic rings. The van der Waals surface area contributed by atoms with Gasteiger partial charge in [-0.2, -0.15) is 4.31 Å². The Morgan fingerprint density at radius 3 is 2.65 bits per heavy atom. The van der Waals surface area contributed by atoms with Crippen LogP contribution in [-0.4, -0.2) is 56.2 Å². The van der Waals surface area contributed by atoms with Gasteiger partial charge in [0.05, 0.1) is 18.4 Å². The van der Waals surface area contributed by atoms with E-state index in [0.29, 0.717) is 13.0 Å². The maximum absolute atomic E-state index is 12.3. The summed E-state index contributed by atoms with van der Waals surface area (Å²) in [5.41, 5.74) is 0. The average Bonchev–Trinajstić information content (AvgIpc) is 2.91. The van der Waals surface area contributed by atoms with Gasteiger partial charge in [0.15, 0.2) is 0 Å². The zero-order valence-corrected chi connectivity index (χ0v) is 13.0. The molecule has 1 N–H and O–H groups in total. The molecule has 6 nitrogen and oxygen atoms in total. The maximum Gasteiger partial charge on any atom is 0.238 e. The van der Waals surface area contributed by atoms with Crippen LogP contribution in [0.25, 0.3) is 0 Å². The Morgan fingerprint density at radius 1 is 1.30 bits per heavy atom. The molecule has 3 atom stereocenters. The molecule has 2 rings (SSSR count). The molecule has 0 bridgehead atoms. The summed E-state index contributed by atoms with van der Waals surface area (Å²) in [7, 11) is -3.33. The average molecular weight is 304 g/mol. The van der Waals surface area contributed by atoms with Crippen LogP contribution < -0.4 is 5.32 Å². The minimum Gasteiger partial charge on any atom is -0.376 e. The molecule has 2 aliphatic heterocycles. The second-order valence-corrected chi connectivity index (χ2v) is 7.67. The summed E-state index contributed by atoms with van der Waals surface area (Å²) in [6, 6.07) is -0.643. The van der Waals surface area contributed by atoms with Crippen LogP contribution >= 0.6 is 0 Å². The fourth-order valence-electron chi connectivity index (χ4n) is 2.97. The summed E-state index contributed by atoms with van der Waals surface area (Å²) >= 11 is 0. The van der Waals surface area contributed by atoms with Crippen molar-refractivity contribution in [3.05, 3.63) is 0 Å². The van der Waals surface area contributed by atoms with Crippen molar-refractivity contribution in [2.45, 2.75) is 57.2 Å². The molecule has 0 spiro atoms. The first kappa shape index (κ1) is 15.7. The van der Waals surface area contributed by atoms with E-state index in [1.807, 2.05) is 6.92 Å². The Morgan fingerprint density at radius 2 is 2.05 bits per heavy atom. The number of hydrogen-bond donors (Lipinski definition) is 1. The quantitative estimate of drug-likeness (QED) is 0.820. The van der Waals surface area contributed by atoms with Crippen molar-refractivity contribution < 1.29 is 17.9 Å². The number of hydrogen-bond acceptors (Lipinski definition) is 4. The molecule has 0 aromatic heterocycles. The predicted molar refractivity (Wildman–Crippen MR) is 75.8 cm³/mol. The number of nitrogens with zero attached hydrogens (tertiary/aromatic N) is 1. The monoisotopic (exact) mass is 304 g/mol. The third-order valence-electron chi connectivity index (χ3n) is 4.07. The van der Waals surface area contributed by atoms with Crippen molar-refractivity contribution in [3.63, 3.8) is 0 Å². The Kier molecular flexibility index (Phi) is 5.04. The van der Waals surface area contributed by atoms with Gasteiger partial charge in [-0.05, 0) is 32.6 Å². The van der Waals surface area contributed by atoms with Crippen LogP contribution in [0.3, 0.4) is 0 Å². The SMILES string of the molecule is C[C@H](NC(=O)[C@H]1CCCCN1S(C)(=O)=O)[C@@H]1CCCO1. The van der Waals surface area contributed by atoms with E-state index in [1.165, 1.54) is 10.6 Å². The minimum atomic E-state index is -3.33. The van der Waals surface area contributed by atoms with Gasteiger partial charge in [-0.15, -0.1) is 0 Å². The highest BCUT2D eigenvalue weighted by Crippen LogP contribution is 2.21. The van der Waals surface area contributed by atoms with Crippen molar-refractivity contribution in [1.29, 1.82) is 0 Å². The molecule has 1 amide bonds. The van der Waals surface area contributed by atoms with Gasteiger partial charge < -0.3 is 10.1 Å². The normalized spacial score (nSPS) is 30.1. The first-order valence-electron chi connectivity index (χ1n) is 7.28. The van der Waals surface area contributed by atoms with Gasteiger partial charge in [0, 0.05) is 13.2 Å². The Hall–Kier alpha value is -0.660. The fraction of sp³-hybridized carbons (Fsp3) is 0.923. The molecule has 0 radical (unpaired) electrons. The highest BCUT2D eigenvalue weighted by Gasteiger charge is 2.35. The number of piperidine rings is 1. The summed E-state index contributed by atoms with van der Waals surface area (Å²) in [5, 5.41) is 2.92. The van der Waals surface area contributed by atoms with Crippen molar-refractivity contribution >= 4 is 15.9 Å². The zero-order chi connectivity index (χ0) is 14.8. The molecular weight excluding hydrogens is 280 g/mol. The Labute approximate surface area is 120 Å². The largest absolute Gasteiger partial charge is 0.376 e. The fourth-order valence-corrected chi connectivity index (χ4v) is 4.10. The molecule has 7 heteroatoms. The van der Waals surface area contributed by atoms with Gasteiger partial charge >= 0.3 is 0 Å². The van der Waals surface area contributed by atoms with Crippen molar-refractivity contribution in [3.8, 4) is 0 Å². The van der Waals surface area contributed by atoms with Crippen LogP contribution in [0.4, 0.5) is 0 Å². The molecular formula is C13H24N2O4S. The molecule has 0 unspecified atom stereocenters. The van der Waals surface area contributed by atoms with Crippen LogP contribution in [0, 0.1) is 0 Å². The van der Waals surface area contributed by atoms with Gasteiger partial charge in [0.1, 0.15) is 6.04 Å². The van der Waals surface area contributed by atoms with Gasteiger partial charge in [-0.3, -0.25) is 4.79 Å². The van der Waals surface area contributed by atoms with Crippen molar-refractivity contribution in [1.82, 2.24) is 9.62 Å². The lowest BCUT2D eigenvalue weighted by atomic mass is 10.0. The molecule has 0 aliphatic carbocycles. The molecule has 0 aromatic rings. The lowest BCUT2D eigenvalue weighted by Crippen LogP contribution is -2.54. The van der Waals surface area contributed by atoms with E-state index in [9.17, 15) is 13.2 Å². The summed E-state index contributed by atoms with van der Waals surface area (Å²) < 4.78 is 30.4. The van der Waals surface area contributed by atoms with E-state index in [2.05, 4.69) is 5.32 Å². The molecule has 0 aromatic carbocycles. The number of sulfonamides is 1. The van der Waals surface area contributed by atoms with Gasteiger partial charge in [0.2, 0.25) is 15.9 Å². The molecule has 2 fully saturated rings. The number of carbonyl (C=O) groups is 1. The number of amides is 1. The van der Waals surface area contributed by atoms with E-state index in [1.54, 1.807) is 0 Å². The summed E-state index contributed by atoms with van der Waals surface area (Å²) in [4.78, 5) is 12.3. The third kappa shape index (κ3) is 3.71.